The van der Waals surface area contributed by atoms with Gasteiger partial charge in [-0.2, -0.15) is 0 Å². The first-order valence-electron chi connectivity index (χ1n) is 6.15. The molecule has 0 aliphatic rings. The number of allylic oxidation sites excluding steroid dienone is 1. The van der Waals surface area contributed by atoms with Gasteiger partial charge in [-0.25, -0.2) is 9.78 Å². The third-order valence-electron chi connectivity index (χ3n) is 3.00. The summed E-state index contributed by atoms with van der Waals surface area (Å²) in [6.07, 6.45) is 4.95. The molecule has 1 aromatic rings. The van der Waals surface area contributed by atoms with Gasteiger partial charge in [0.1, 0.15) is 6.04 Å². The van der Waals surface area contributed by atoms with E-state index in [-0.39, 0.29) is 12.3 Å². The van der Waals surface area contributed by atoms with Crippen LogP contribution in [0.3, 0.4) is 0 Å². The number of carbonyl (C=O) groups is 2. The molecule has 104 valence electrons. The summed E-state index contributed by atoms with van der Waals surface area (Å²) in [5.41, 5.74) is 1.23. The van der Waals surface area contributed by atoms with Crippen molar-refractivity contribution in [1.29, 1.82) is 0 Å². The molecule has 0 aliphatic heterocycles. The van der Waals surface area contributed by atoms with Crippen LogP contribution in [0.4, 0.5) is 0 Å². The molecule has 0 spiro atoms. The number of likely N-dealkylation sites (N-methyl/N-ethyl adjacent to an activating group) is 1. The molecule has 0 saturated heterocycles. The van der Waals surface area contributed by atoms with Gasteiger partial charge in [-0.15, -0.1) is 0 Å². The molecule has 1 heterocycles. The Balaban J connectivity index is 2.95. The average Bonchev–Trinajstić information content (AvgIpc) is 2.89. The maximum atomic E-state index is 12.1. The second-order valence-corrected chi connectivity index (χ2v) is 4.20. The van der Waals surface area contributed by atoms with Gasteiger partial charge in [0.2, 0.25) is 5.91 Å². The van der Waals surface area contributed by atoms with E-state index in [1.807, 2.05) is 0 Å². The SMILES string of the molecule is CC=C(C)C(=O)N(CC)[C@@H](Cc1cnc[nH]1)C(=O)O. The fourth-order valence-corrected chi connectivity index (χ4v) is 1.79. The second kappa shape index (κ2) is 6.72. The molecule has 19 heavy (non-hydrogen) atoms. The molecular formula is C13H19N3O3. The van der Waals surface area contributed by atoms with E-state index in [4.69, 9.17) is 0 Å². The Morgan fingerprint density at radius 2 is 2.26 bits per heavy atom. The molecule has 6 heteroatoms. The smallest absolute Gasteiger partial charge is 0.326 e. The normalized spacial score (nSPS) is 13.1. The molecule has 0 fully saturated rings. The lowest BCUT2D eigenvalue weighted by Gasteiger charge is -2.27. The molecule has 0 saturated carbocycles. The van der Waals surface area contributed by atoms with Crippen LogP contribution < -0.4 is 0 Å². The molecule has 0 unspecified atom stereocenters. The number of hydrogen-bond acceptors (Lipinski definition) is 3. The number of carboxylic acid groups (broad SMARTS) is 1. The van der Waals surface area contributed by atoms with E-state index in [9.17, 15) is 14.7 Å². The number of nitrogens with zero attached hydrogens (tertiary/aromatic N) is 2. The van der Waals surface area contributed by atoms with E-state index in [1.165, 1.54) is 11.2 Å². The van der Waals surface area contributed by atoms with Crippen LogP contribution in [0.2, 0.25) is 0 Å². The van der Waals surface area contributed by atoms with Crippen molar-refractivity contribution in [2.75, 3.05) is 6.54 Å². The molecule has 0 bridgehead atoms. The molecular weight excluding hydrogens is 246 g/mol. The number of rotatable bonds is 6. The lowest BCUT2D eigenvalue weighted by atomic mass is 10.1. The molecule has 0 aromatic carbocycles. The highest BCUT2D eigenvalue weighted by Gasteiger charge is 2.29. The van der Waals surface area contributed by atoms with Crippen molar-refractivity contribution in [1.82, 2.24) is 14.9 Å². The number of imidazole rings is 1. The Morgan fingerprint density at radius 1 is 1.58 bits per heavy atom. The summed E-state index contributed by atoms with van der Waals surface area (Å²) >= 11 is 0. The zero-order chi connectivity index (χ0) is 14.4. The zero-order valence-electron chi connectivity index (χ0n) is 11.4. The van der Waals surface area contributed by atoms with E-state index < -0.39 is 12.0 Å². The van der Waals surface area contributed by atoms with Crippen LogP contribution in [0.5, 0.6) is 0 Å². The maximum absolute atomic E-state index is 12.1. The zero-order valence-corrected chi connectivity index (χ0v) is 11.4. The molecule has 0 aliphatic carbocycles. The predicted molar refractivity (Wildman–Crippen MR) is 70.5 cm³/mol. The lowest BCUT2D eigenvalue weighted by molar-refractivity contribution is -0.148. The fourth-order valence-electron chi connectivity index (χ4n) is 1.79. The van der Waals surface area contributed by atoms with Crippen LogP contribution in [0.25, 0.3) is 0 Å². The van der Waals surface area contributed by atoms with Crippen molar-refractivity contribution < 1.29 is 14.7 Å². The van der Waals surface area contributed by atoms with Gasteiger partial charge < -0.3 is 15.0 Å². The molecule has 0 radical (unpaired) electrons. The maximum Gasteiger partial charge on any atom is 0.326 e. The highest BCUT2D eigenvalue weighted by molar-refractivity contribution is 5.95. The minimum Gasteiger partial charge on any atom is -0.480 e. The Hall–Kier alpha value is -2.11. The number of aliphatic carboxylic acids is 1. The number of nitrogens with one attached hydrogen (secondary N) is 1. The molecule has 2 N–H and O–H groups in total. The van der Waals surface area contributed by atoms with E-state index in [2.05, 4.69) is 9.97 Å². The quantitative estimate of drug-likeness (QED) is 0.757. The molecule has 1 aromatic heterocycles. The minimum absolute atomic E-state index is 0.214. The second-order valence-electron chi connectivity index (χ2n) is 4.20. The Morgan fingerprint density at radius 3 is 2.68 bits per heavy atom. The highest BCUT2D eigenvalue weighted by atomic mass is 16.4. The average molecular weight is 265 g/mol. The Kier molecular flexibility index (Phi) is 5.29. The van der Waals surface area contributed by atoms with Gasteiger partial charge in [0, 0.05) is 30.4 Å². The van der Waals surface area contributed by atoms with Gasteiger partial charge >= 0.3 is 5.97 Å². The number of hydrogen-bond donors (Lipinski definition) is 2. The molecule has 1 atom stereocenters. The van der Waals surface area contributed by atoms with E-state index in [1.54, 1.807) is 33.0 Å². The molecule has 6 nitrogen and oxygen atoms in total. The summed E-state index contributed by atoms with van der Waals surface area (Å²) in [5, 5.41) is 9.33. The van der Waals surface area contributed by atoms with Gasteiger partial charge in [-0.05, 0) is 20.8 Å². The van der Waals surface area contributed by atoms with Crippen molar-refractivity contribution in [3.8, 4) is 0 Å². The summed E-state index contributed by atoms with van der Waals surface area (Å²) in [6.45, 7) is 5.55. The van der Waals surface area contributed by atoms with Gasteiger partial charge in [0.05, 0.1) is 6.33 Å². The minimum atomic E-state index is -1.02. The summed E-state index contributed by atoms with van der Waals surface area (Å²) < 4.78 is 0. The number of H-pyrrole nitrogens is 1. The van der Waals surface area contributed by atoms with Crippen LogP contribution in [0, 0.1) is 0 Å². The Labute approximate surface area is 112 Å². The van der Waals surface area contributed by atoms with Crippen molar-refractivity contribution in [2.45, 2.75) is 33.2 Å². The topological polar surface area (TPSA) is 86.3 Å². The third kappa shape index (κ3) is 3.67. The highest BCUT2D eigenvalue weighted by Crippen LogP contribution is 2.11. The summed E-state index contributed by atoms with van der Waals surface area (Å²) in [5.74, 6) is -1.27. The first-order valence-corrected chi connectivity index (χ1v) is 6.15. The summed E-state index contributed by atoms with van der Waals surface area (Å²) in [7, 11) is 0. The van der Waals surface area contributed by atoms with Crippen LogP contribution in [-0.4, -0.2) is 44.4 Å². The summed E-state index contributed by atoms with van der Waals surface area (Å²) in [6, 6.07) is -0.896. The van der Waals surface area contributed by atoms with Crippen molar-refractivity contribution >= 4 is 11.9 Å². The van der Waals surface area contributed by atoms with Crippen LogP contribution in [0.1, 0.15) is 26.5 Å². The number of aromatic amines is 1. The predicted octanol–water partition coefficient (Wildman–Crippen LogP) is 1.22. The number of carbonyl (C=O) groups excluding carboxylic acids is 1. The van der Waals surface area contributed by atoms with Gasteiger partial charge in [-0.3, -0.25) is 4.79 Å². The number of carboxylic acids is 1. The van der Waals surface area contributed by atoms with Crippen molar-refractivity contribution in [3.63, 3.8) is 0 Å². The van der Waals surface area contributed by atoms with Crippen molar-refractivity contribution in [2.24, 2.45) is 0 Å². The summed E-state index contributed by atoms with van der Waals surface area (Å²) in [4.78, 5) is 31.6. The largest absolute Gasteiger partial charge is 0.480 e. The van der Waals surface area contributed by atoms with Crippen molar-refractivity contribution in [3.05, 3.63) is 29.9 Å². The van der Waals surface area contributed by atoms with Gasteiger partial charge in [-0.1, -0.05) is 6.08 Å². The number of aromatic nitrogens is 2. The number of amides is 1. The van der Waals surface area contributed by atoms with Gasteiger partial charge in [0.15, 0.2) is 0 Å². The van der Waals surface area contributed by atoms with Gasteiger partial charge in [0.25, 0.3) is 0 Å². The molecule has 1 amide bonds. The molecule has 1 rings (SSSR count). The first kappa shape index (κ1) is 14.9. The van der Waals surface area contributed by atoms with Crippen LogP contribution in [0.15, 0.2) is 24.2 Å². The Bertz CT molecular complexity index is 465. The van der Waals surface area contributed by atoms with E-state index in [0.717, 1.165) is 0 Å². The lowest BCUT2D eigenvalue weighted by Crippen LogP contribution is -2.46. The standard InChI is InChI=1S/C13H19N3O3/c1-4-9(3)12(17)16(5-2)11(13(18)19)6-10-7-14-8-15-10/h4,7-8,11H,5-6H2,1-3H3,(H,14,15)(H,18,19)/t11-/m0/s1. The fraction of sp³-hybridized carbons (Fsp3) is 0.462. The van der Waals surface area contributed by atoms with E-state index in [0.29, 0.717) is 17.8 Å². The monoisotopic (exact) mass is 265 g/mol. The van der Waals surface area contributed by atoms with E-state index >= 15 is 0 Å². The first-order chi connectivity index (χ1) is 9.01. The van der Waals surface area contributed by atoms with Crippen LogP contribution >= 0.6 is 0 Å². The van der Waals surface area contributed by atoms with Crippen LogP contribution in [-0.2, 0) is 16.0 Å². The third-order valence-corrected chi connectivity index (χ3v) is 3.00.